The fraction of sp³-hybridized carbons (Fsp3) is 0.100. The van der Waals surface area contributed by atoms with Crippen LogP contribution in [0.25, 0.3) is 0 Å². The fourth-order valence-electron chi connectivity index (χ4n) is 4.23. The van der Waals surface area contributed by atoms with Gasteiger partial charge < -0.3 is 0 Å². The second kappa shape index (κ2) is 11.0. The van der Waals surface area contributed by atoms with Crippen LogP contribution in [-0.2, 0) is 16.1 Å². The van der Waals surface area contributed by atoms with Crippen LogP contribution in [-0.4, -0.2) is 12.1 Å². The van der Waals surface area contributed by atoms with Gasteiger partial charge in [-0.25, -0.2) is 0 Å². The molecule has 0 aliphatic carbocycles. The molecule has 34 heavy (non-hydrogen) atoms. The Morgan fingerprint density at radius 2 is 1.06 bits per heavy atom. The Hall–Kier alpha value is -3.00. The number of halogens is 1. The maximum atomic E-state index is 12.4. The van der Waals surface area contributed by atoms with Crippen molar-refractivity contribution in [2.45, 2.75) is 13.0 Å². The van der Waals surface area contributed by atoms with Gasteiger partial charge in [0.15, 0.2) is 0 Å². The molecule has 0 radical (unpaired) electrons. The van der Waals surface area contributed by atoms with Crippen LogP contribution in [0.2, 0.25) is 0 Å². The number of carbonyl (C=O) groups excluding carboxylic acids is 1. The molecule has 0 heterocycles. The van der Waals surface area contributed by atoms with Crippen LogP contribution in [0.15, 0.2) is 133 Å². The predicted molar refractivity (Wildman–Crippen MR) is 149 cm³/mol. The van der Waals surface area contributed by atoms with Gasteiger partial charge in [-0.05, 0) is 0 Å². The normalized spacial score (nSPS) is 12.7. The molecule has 4 aromatic carbocycles. The summed E-state index contributed by atoms with van der Waals surface area (Å²) in [6.45, 7) is 0.295. The Kier molecular flexibility index (Phi) is 7.77. The number of benzene rings is 4. The van der Waals surface area contributed by atoms with E-state index in [1.165, 1.54) is 15.9 Å². The minimum absolute atomic E-state index is 0.228. The molecule has 0 fully saturated rings. The number of carbonyl (C=O) groups is 1. The maximum absolute atomic E-state index is 12.4. The standard InChI is InChI=1S/C30H28BrO2P/c31-34(27-17-7-2-8-18-27,28-19-9-3-10-20-28,29-21-11-4-12-22-29)24-14-13-23-30(32)33-25-26-15-5-1-6-16-26/h1-22H,23-25H2. The summed E-state index contributed by atoms with van der Waals surface area (Å²) >= 11 is 4.41. The van der Waals surface area contributed by atoms with Crippen molar-refractivity contribution in [3.05, 3.63) is 139 Å². The topological polar surface area (TPSA) is 26.3 Å². The Balaban J connectivity index is 1.64. The molecule has 0 saturated carbocycles. The van der Waals surface area contributed by atoms with Crippen molar-refractivity contribution in [1.29, 1.82) is 0 Å². The van der Waals surface area contributed by atoms with E-state index >= 15 is 0 Å². The molecule has 172 valence electrons. The van der Waals surface area contributed by atoms with Crippen LogP contribution >= 0.6 is 20.8 Å². The fourth-order valence-corrected chi connectivity index (χ4v) is 11.3. The minimum atomic E-state index is -3.01. The molecule has 4 rings (SSSR count). The monoisotopic (exact) mass is 530 g/mol. The van der Waals surface area contributed by atoms with Gasteiger partial charge in [-0.2, -0.15) is 0 Å². The average molecular weight is 531 g/mol. The molecule has 0 bridgehead atoms. The number of allylic oxidation sites excluding steroid dienone is 1. The molecule has 2 nitrogen and oxygen atoms in total. The van der Waals surface area contributed by atoms with Gasteiger partial charge in [0, 0.05) is 0 Å². The van der Waals surface area contributed by atoms with E-state index in [1.54, 1.807) is 0 Å². The van der Waals surface area contributed by atoms with Gasteiger partial charge in [-0.15, -0.1) is 0 Å². The first kappa shape index (κ1) is 24.1. The van der Waals surface area contributed by atoms with E-state index in [4.69, 9.17) is 4.74 Å². The zero-order chi connectivity index (χ0) is 23.7. The van der Waals surface area contributed by atoms with Gasteiger partial charge >= 0.3 is 210 Å². The number of hydrogen-bond donors (Lipinski definition) is 0. The van der Waals surface area contributed by atoms with Crippen molar-refractivity contribution in [1.82, 2.24) is 0 Å². The first-order chi connectivity index (χ1) is 16.6. The van der Waals surface area contributed by atoms with Crippen molar-refractivity contribution < 1.29 is 9.53 Å². The Morgan fingerprint density at radius 3 is 1.50 bits per heavy atom. The van der Waals surface area contributed by atoms with Crippen molar-refractivity contribution in [2.75, 3.05) is 6.16 Å². The summed E-state index contributed by atoms with van der Waals surface area (Å²) in [6.07, 6.45) is 5.05. The zero-order valence-corrected chi connectivity index (χ0v) is 21.4. The van der Waals surface area contributed by atoms with Crippen LogP contribution in [0.1, 0.15) is 12.0 Å². The van der Waals surface area contributed by atoms with Gasteiger partial charge in [0.25, 0.3) is 0 Å². The van der Waals surface area contributed by atoms with Crippen molar-refractivity contribution in [3.63, 3.8) is 0 Å². The molecule has 0 amide bonds. The third-order valence-corrected chi connectivity index (χ3v) is 15.6. The Labute approximate surface area is 210 Å². The molecule has 0 aliphatic heterocycles. The quantitative estimate of drug-likeness (QED) is 0.140. The van der Waals surface area contributed by atoms with Crippen molar-refractivity contribution in [3.8, 4) is 0 Å². The van der Waals surface area contributed by atoms with Gasteiger partial charge in [-0.3, -0.25) is 0 Å². The second-order valence-corrected chi connectivity index (χ2v) is 17.2. The summed E-state index contributed by atoms with van der Waals surface area (Å²) in [5.74, 6) is -0.228. The Morgan fingerprint density at radius 1 is 0.647 bits per heavy atom. The molecule has 4 aromatic rings. The molecular formula is C30H28BrO2P. The molecule has 0 N–H and O–H groups in total. The number of hydrogen-bond acceptors (Lipinski definition) is 2. The van der Waals surface area contributed by atoms with Gasteiger partial charge in [0.05, 0.1) is 0 Å². The summed E-state index contributed by atoms with van der Waals surface area (Å²) in [5.41, 5.74) is 0.988. The van der Waals surface area contributed by atoms with Crippen molar-refractivity contribution in [2.24, 2.45) is 0 Å². The zero-order valence-electron chi connectivity index (χ0n) is 19.0. The van der Waals surface area contributed by atoms with Crippen LogP contribution in [0, 0.1) is 0 Å². The summed E-state index contributed by atoms with van der Waals surface area (Å²) < 4.78 is 5.45. The number of esters is 1. The molecule has 0 unspecified atom stereocenters. The first-order valence-corrected chi connectivity index (χ1v) is 15.8. The number of rotatable bonds is 9. The van der Waals surface area contributed by atoms with Crippen LogP contribution in [0.4, 0.5) is 0 Å². The second-order valence-electron chi connectivity index (χ2n) is 8.19. The average Bonchev–Trinajstić information content (AvgIpc) is 2.92. The van der Waals surface area contributed by atoms with E-state index in [0.29, 0.717) is 6.61 Å². The van der Waals surface area contributed by atoms with E-state index in [1.807, 2.05) is 54.6 Å². The van der Waals surface area contributed by atoms with E-state index in [0.717, 1.165) is 11.7 Å². The Bertz CT molecular complexity index is 1130. The molecule has 0 aromatic heterocycles. The summed E-state index contributed by atoms with van der Waals surface area (Å²) in [4.78, 5) is 12.4. The summed E-state index contributed by atoms with van der Waals surface area (Å²) in [5, 5.41) is 0.748. The van der Waals surface area contributed by atoms with Gasteiger partial charge in [0.1, 0.15) is 0 Å². The van der Waals surface area contributed by atoms with Crippen LogP contribution in [0.3, 0.4) is 0 Å². The van der Waals surface area contributed by atoms with Crippen molar-refractivity contribution >= 4 is 42.7 Å². The molecule has 0 saturated heterocycles. The van der Waals surface area contributed by atoms with E-state index in [9.17, 15) is 4.79 Å². The molecule has 0 atom stereocenters. The molecule has 0 aliphatic rings. The molecule has 4 heteroatoms. The van der Waals surface area contributed by atoms with Gasteiger partial charge in [-0.1, -0.05) is 0 Å². The van der Waals surface area contributed by atoms with Gasteiger partial charge in [0.2, 0.25) is 0 Å². The summed E-state index contributed by atoms with van der Waals surface area (Å²) in [7, 11) is 0. The summed E-state index contributed by atoms with van der Waals surface area (Å²) in [6, 6.07) is 41.7. The predicted octanol–water partition coefficient (Wildman–Crippen LogP) is 6.52. The van der Waals surface area contributed by atoms with E-state index in [2.05, 4.69) is 94.4 Å². The third-order valence-electron chi connectivity index (χ3n) is 6.03. The SMILES string of the molecule is O=C(CC=CCP(Br)(c1ccccc1)(c1ccccc1)c1ccccc1)OCc1ccccc1. The van der Waals surface area contributed by atoms with Crippen LogP contribution < -0.4 is 15.9 Å². The first-order valence-electron chi connectivity index (χ1n) is 11.4. The van der Waals surface area contributed by atoms with Crippen LogP contribution in [0.5, 0.6) is 0 Å². The number of ether oxygens (including phenoxy) is 1. The van der Waals surface area contributed by atoms with E-state index in [-0.39, 0.29) is 12.4 Å². The third kappa shape index (κ3) is 5.06. The molecule has 0 spiro atoms. The van der Waals surface area contributed by atoms with E-state index < -0.39 is 5.31 Å². The molecular weight excluding hydrogens is 503 g/mol.